The number of ether oxygens (including phenoxy) is 2. The van der Waals surface area contributed by atoms with E-state index >= 15 is 0 Å². The fourth-order valence-corrected chi connectivity index (χ4v) is 5.29. The number of pyridine rings is 1. The molecule has 39 heavy (non-hydrogen) atoms. The van der Waals surface area contributed by atoms with Crippen LogP contribution in [0.2, 0.25) is 10.0 Å². The number of benzene rings is 2. The van der Waals surface area contributed by atoms with Crippen LogP contribution in [0.3, 0.4) is 0 Å². The van der Waals surface area contributed by atoms with Crippen LogP contribution in [0.25, 0.3) is 10.9 Å². The minimum Gasteiger partial charge on any atom is -0.494 e. The molecule has 0 bridgehead atoms. The van der Waals surface area contributed by atoms with Crippen molar-refractivity contribution >= 4 is 54.6 Å². The number of halogens is 2. The molecule has 210 valence electrons. The number of carbonyl (C=O) groups is 1. The van der Waals surface area contributed by atoms with Gasteiger partial charge in [0, 0.05) is 45.4 Å². The summed E-state index contributed by atoms with van der Waals surface area (Å²) in [4.78, 5) is 29.7. The fraction of sp³-hybridized carbons (Fsp3) is 0.429. The molecule has 0 spiro atoms. The van der Waals surface area contributed by atoms with E-state index < -0.39 is 12.3 Å². The van der Waals surface area contributed by atoms with Crippen molar-refractivity contribution in [2.75, 3.05) is 57.9 Å². The average Bonchev–Trinajstić information content (AvgIpc) is 2.94. The van der Waals surface area contributed by atoms with E-state index in [2.05, 4.69) is 9.80 Å². The van der Waals surface area contributed by atoms with Crippen molar-refractivity contribution in [3.8, 4) is 5.75 Å². The lowest BCUT2D eigenvalue weighted by molar-refractivity contribution is 0.0582. The first kappa shape index (κ1) is 29.5. The Morgan fingerprint density at radius 3 is 2.56 bits per heavy atom. The Balaban J connectivity index is 1.27. The standard InChI is InChI=1S/C28H35Cl2N4O4P/c1-20(38-28(36)31(2)39-3)34-25-19-22(11-9-21(25)10-12-26(34)35)37-18-5-4-13-32-14-16-33(17-15-32)24-8-6-7-23(29)27(24)30/h6-12,19-20,39H,4-5,13-18H2,1-3H3. The van der Waals surface area contributed by atoms with Crippen LogP contribution in [-0.4, -0.2) is 73.3 Å². The van der Waals surface area contributed by atoms with Gasteiger partial charge in [-0.2, -0.15) is 0 Å². The van der Waals surface area contributed by atoms with Crippen LogP contribution in [0, 0.1) is 0 Å². The van der Waals surface area contributed by atoms with Gasteiger partial charge in [0.15, 0.2) is 6.23 Å². The van der Waals surface area contributed by atoms with Crippen molar-refractivity contribution in [1.29, 1.82) is 0 Å². The summed E-state index contributed by atoms with van der Waals surface area (Å²) < 4.78 is 14.5. The third kappa shape index (κ3) is 7.37. The van der Waals surface area contributed by atoms with Gasteiger partial charge in [-0.15, -0.1) is 0 Å². The summed E-state index contributed by atoms with van der Waals surface area (Å²) in [6.45, 7) is 8.95. The SMILES string of the molecule is CPN(C)C(=O)OC(C)n1c(=O)ccc2ccc(OCCCCN3CCN(c4cccc(Cl)c4Cl)CC3)cc21. The molecule has 0 radical (unpaired) electrons. The Kier molecular flexibility index (Phi) is 10.4. The van der Waals surface area contributed by atoms with Gasteiger partial charge >= 0.3 is 6.09 Å². The maximum atomic E-state index is 12.7. The fourth-order valence-electron chi connectivity index (χ4n) is 4.64. The lowest BCUT2D eigenvalue weighted by Crippen LogP contribution is -2.46. The number of nitrogens with zero attached hydrogens (tertiary/aromatic N) is 4. The number of hydrogen-bond acceptors (Lipinski definition) is 6. The zero-order chi connectivity index (χ0) is 27.9. The molecular formula is C28H35Cl2N4O4P. The molecule has 0 saturated carbocycles. The molecule has 1 saturated heterocycles. The monoisotopic (exact) mass is 592 g/mol. The third-order valence-electron chi connectivity index (χ3n) is 6.93. The highest BCUT2D eigenvalue weighted by molar-refractivity contribution is 7.35. The van der Waals surface area contributed by atoms with Gasteiger partial charge in [-0.3, -0.25) is 18.9 Å². The van der Waals surface area contributed by atoms with Crippen molar-refractivity contribution in [3.63, 3.8) is 0 Å². The Morgan fingerprint density at radius 1 is 1.08 bits per heavy atom. The van der Waals surface area contributed by atoms with Gasteiger partial charge in [0.1, 0.15) is 5.75 Å². The Labute approximate surface area is 241 Å². The maximum Gasteiger partial charge on any atom is 0.414 e. The first-order valence-corrected chi connectivity index (χ1v) is 15.3. The maximum absolute atomic E-state index is 12.7. The molecule has 2 atom stereocenters. The van der Waals surface area contributed by atoms with Crippen LogP contribution >= 0.6 is 31.9 Å². The van der Waals surface area contributed by atoms with E-state index in [1.165, 1.54) is 15.3 Å². The highest BCUT2D eigenvalue weighted by atomic mass is 35.5. The van der Waals surface area contributed by atoms with E-state index in [-0.39, 0.29) is 14.3 Å². The van der Waals surface area contributed by atoms with Crippen molar-refractivity contribution < 1.29 is 14.3 Å². The summed E-state index contributed by atoms with van der Waals surface area (Å²) >= 11 is 12.6. The van der Waals surface area contributed by atoms with Crippen molar-refractivity contribution in [3.05, 3.63) is 68.9 Å². The molecule has 3 aromatic rings. The van der Waals surface area contributed by atoms with E-state index in [1.54, 1.807) is 20.0 Å². The molecule has 2 aromatic carbocycles. The summed E-state index contributed by atoms with van der Waals surface area (Å²) in [5.41, 5.74) is 1.43. The largest absolute Gasteiger partial charge is 0.494 e. The van der Waals surface area contributed by atoms with Gasteiger partial charge in [0.05, 0.1) is 27.9 Å². The van der Waals surface area contributed by atoms with Crippen LogP contribution in [0.15, 0.2) is 53.3 Å². The Hall–Kier alpha value is -2.51. The van der Waals surface area contributed by atoms with Gasteiger partial charge in [0.2, 0.25) is 0 Å². The molecule has 4 rings (SSSR count). The number of fused-ring (bicyclic) bond motifs is 1. The smallest absolute Gasteiger partial charge is 0.414 e. The molecule has 1 aromatic heterocycles. The number of anilines is 1. The zero-order valence-electron chi connectivity index (χ0n) is 22.5. The second-order valence-corrected chi connectivity index (χ2v) is 11.4. The normalized spacial score (nSPS) is 15.2. The van der Waals surface area contributed by atoms with Crippen LogP contribution in [-0.2, 0) is 4.74 Å². The van der Waals surface area contributed by atoms with Gasteiger partial charge in [-0.1, -0.05) is 29.3 Å². The highest BCUT2D eigenvalue weighted by Gasteiger charge is 2.20. The van der Waals surface area contributed by atoms with Gasteiger partial charge in [-0.25, -0.2) is 4.79 Å². The summed E-state index contributed by atoms with van der Waals surface area (Å²) in [5.74, 6) is 0.680. The molecule has 1 aliphatic rings. The molecule has 1 fully saturated rings. The van der Waals surface area contributed by atoms with E-state index in [1.807, 2.05) is 43.1 Å². The number of hydrogen-bond donors (Lipinski definition) is 0. The van der Waals surface area contributed by atoms with E-state index in [0.717, 1.165) is 56.6 Å². The lowest BCUT2D eigenvalue weighted by atomic mass is 10.2. The van der Waals surface area contributed by atoms with Crippen molar-refractivity contribution in [2.24, 2.45) is 0 Å². The van der Waals surface area contributed by atoms with Gasteiger partial charge in [-0.05, 0) is 77.4 Å². The zero-order valence-corrected chi connectivity index (χ0v) is 25.0. The minimum absolute atomic E-state index is 0.237. The minimum atomic E-state index is -0.752. The van der Waals surface area contributed by atoms with Gasteiger partial charge in [0.25, 0.3) is 5.56 Å². The molecule has 11 heteroatoms. The summed E-state index contributed by atoms with van der Waals surface area (Å²) in [6, 6.07) is 14.7. The predicted molar refractivity (Wildman–Crippen MR) is 161 cm³/mol. The summed E-state index contributed by atoms with van der Waals surface area (Å²) in [6.07, 6.45) is 0.722. The number of amides is 1. The van der Waals surface area contributed by atoms with E-state index in [0.29, 0.717) is 27.9 Å². The van der Waals surface area contributed by atoms with E-state index in [9.17, 15) is 9.59 Å². The summed E-state index contributed by atoms with van der Waals surface area (Å²) in [7, 11) is 1.94. The average molecular weight is 593 g/mol. The lowest BCUT2D eigenvalue weighted by Gasteiger charge is -2.36. The van der Waals surface area contributed by atoms with Crippen LogP contribution in [0.5, 0.6) is 5.75 Å². The second kappa shape index (κ2) is 13.7. The quantitative estimate of drug-likeness (QED) is 0.209. The Bertz CT molecular complexity index is 1350. The predicted octanol–water partition coefficient (Wildman–Crippen LogP) is 6.10. The highest BCUT2D eigenvalue weighted by Crippen LogP contribution is 2.33. The molecule has 1 aliphatic heterocycles. The summed E-state index contributed by atoms with van der Waals surface area (Å²) in [5, 5.41) is 2.08. The first-order valence-electron chi connectivity index (χ1n) is 13.1. The number of unbranched alkanes of at least 4 members (excludes halogenated alkanes) is 1. The number of carbonyl (C=O) groups excluding carboxylic acids is 1. The molecule has 2 unspecified atom stereocenters. The first-order chi connectivity index (χ1) is 18.8. The number of piperazine rings is 1. The van der Waals surface area contributed by atoms with Crippen LogP contribution < -0.4 is 15.2 Å². The van der Waals surface area contributed by atoms with E-state index in [4.69, 9.17) is 32.7 Å². The molecule has 0 N–H and O–H groups in total. The van der Waals surface area contributed by atoms with Crippen LogP contribution in [0.1, 0.15) is 26.0 Å². The number of aromatic nitrogens is 1. The van der Waals surface area contributed by atoms with Crippen LogP contribution in [0.4, 0.5) is 10.5 Å². The molecule has 8 nitrogen and oxygen atoms in total. The second-order valence-electron chi connectivity index (χ2n) is 9.49. The third-order valence-corrected chi connectivity index (χ3v) is 8.59. The molecule has 0 aliphatic carbocycles. The Morgan fingerprint density at radius 2 is 1.82 bits per heavy atom. The number of rotatable bonds is 10. The topological polar surface area (TPSA) is 67.2 Å². The van der Waals surface area contributed by atoms with Crippen molar-refractivity contribution in [1.82, 2.24) is 14.1 Å². The molecule has 1 amide bonds. The molecular weight excluding hydrogens is 558 g/mol. The van der Waals surface area contributed by atoms with Gasteiger partial charge < -0.3 is 14.4 Å². The van der Waals surface area contributed by atoms with Crippen molar-refractivity contribution in [2.45, 2.75) is 26.0 Å². The molecule has 2 heterocycles.